The smallest absolute Gasteiger partial charge is 0.150 e. The van der Waals surface area contributed by atoms with Gasteiger partial charge in [0, 0.05) is 20.9 Å². The second-order valence-corrected chi connectivity index (χ2v) is 5.23. The van der Waals surface area contributed by atoms with Crippen LogP contribution in [0.2, 0.25) is 0 Å². The lowest BCUT2D eigenvalue weighted by atomic mass is 10.2. The number of nitrogens with two attached hydrogens (primary N) is 1. The summed E-state index contributed by atoms with van der Waals surface area (Å²) in [6.45, 7) is 0.641. The Kier molecular flexibility index (Phi) is 3.61. The van der Waals surface area contributed by atoms with Gasteiger partial charge < -0.3 is 11.1 Å². The van der Waals surface area contributed by atoms with Crippen LogP contribution in [0.5, 0.6) is 0 Å². The Morgan fingerprint density at radius 1 is 1.59 bits per heavy atom. The molecule has 0 radical (unpaired) electrons. The van der Waals surface area contributed by atoms with Gasteiger partial charge in [0.05, 0.1) is 17.8 Å². The number of aromatic nitrogens is 1. The van der Waals surface area contributed by atoms with Gasteiger partial charge in [0.1, 0.15) is 6.07 Å². The SMILES string of the molecule is N#Cc1ccnc(NCc2cc(Br)cs2)c1N. The molecular weight excluding hydrogens is 300 g/mol. The van der Waals surface area contributed by atoms with Crippen molar-refractivity contribution >= 4 is 38.8 Å². The van der Waals surface area contributed by atoms with Gasteiger partial charge in [-0.2, -0.15) is 5.26 Å². The van der Waals surface area contributed by atoms with Crippen molar-refractivity contribution in [2.75, 3.05) is 11.1 Å². The number of thiophene rings is 1. The number of nitrogens with one attached hydrogen (secondary N) is 1. The number of nitrogen functional groups attached to an aromatic ring is 1. The van der Waals surface area contributed by atoms with Crippen LogP contribution in [0.15, 0.2) is 28.2 Å². The van der Waals surface area contributed by atoms with Gasteiger partial charge in [-0.25, -0.2) is 4.98 Å². The van der Waals surface area contributed by atoms with Crippen molar-refractivity contribution in [3.63, 3.8) is 0 Å². The maximum atomic E-state index is 8.84. The van der Waals surface area contributed by atoms with Crippen LogP contribution in [0.25, 0.3) is 0 Å². The minimum atomic E-state index is 0.394. The van der Waals surface area contributed by atoms with Crippen molar-refractivity contribution in [1.82, 2.24) is 4.98 Å². The maximum Gasteiger partial charge on any atom is 0.150 e. The van der Waals surface area contributed by atoms with E-state index in [1.54, 1.807) is 23.6 Å². The normalized spacial score (nSPS) is 9.88. The molecule has 0 aromatic carbocycles. The zero-order valence-electron chi connectivity index (χ0n) is 8.77. The third kappa shape index (κ3) is 2.75. The Morgan fingerprint density at radius 3 is 3.06 bits per heavy atom. The van der Waals surface area contributed by atoms with Gasteiger partial charge in [-0.1, -0.05) is 0 Å². The predicted octanol–water partition coefficient (Wildman–Crippen LogP) is 2.97. The van der Waals surface area contributed by atoms with E-state index in [9.17, 15) is 0 Å². The second kappa shape index (κ2) is 5.17. The topological polar surface area (TPSA) is 74.7 Å². The van der Waals surface area contributed by atoms with Gasteiger partial charge in [0.15, 0.2) is 5.82 Å². The molecule has 86 valence electrons. The average Bonchev–Trinajstić information content (AvgIpc) is 2.74. The maximum absolute atomic E-state index is 8.84. The first-order valence-electron chi connectivity index (χ1n) is 4.82. The van der Waals surface area contributed by atoms with E-state index in [0.717, 1.165) is 4.47 Å². The van der Waals surface area contributed by atoms with Crippen LogP contribution >= 0.6 is 27.3 Å². The number of hydrogen-bond acceptors (Lipinski definition) is 5. The Balaban J connectivity index is 2.12. The Labute approximate surface area is 111 Å². The molecule has 0 aliphatic rings. The van der Waals surface area contributed by atoms with Crippen molar-refractivity contribution < 1.29 is 0 Å². The summed E-state index contributed by atoms with van der Waals surface area (Å²) < 4.78 is 1.06. The summed E-state index contributed by atoms with van der Waals surface area (Å²) in [6.07, 6.45) is 1.57. The van der Waals surface area contributed by atoms with Crippen LogP contribution in [0.3, 0.4) is 0 Å². The fraction of sp³-hybridized carbons (Fsp3) is 0.0909. The van der Waals surface area contributed by atoms with Crippen LogP contribution in [0.4, 0.5) is 11.5 Å². The average molecular weight is 309 g/mol. The Bertz CT molecular complexity index is 573. The fourth-order valence-corrected chi connectivity index (χ4v) is 2.72. The largest absolute Gasteiger partial charge is 0.395 e. The summed E-state index contributed by atoms with van der Waals surface area (Å²) in [6, 6.07) is 5.66. The number of pyridine rings is 1. The first kappa shape index (κ1) is 11.9. The lowest BCUT2D eigenvalue weighted by Crippen LogP contribution is -2.04. The highest BCUT2D eigenvalue weighted by atomic mass is 79.9. The van der Waals surface area contributed by atoms with Crippen molar-refractivity contribution in [2.24, 2.45) is 0 Å². The van der Waals surface area contributed by atoms with Crippen LogP contribution in [0, 0.1) is 11.3 Å². The van der Waals surface area contributed by atoms with Crippen molar-refractivity contribution in [1.29, 1.82) is 5.26 Å². The number of hydrogen-bond donors (Lipinski definition) is 2. The molecule has 0 unspecified atom stereocenters. The van der Waals surface area contributed by atoms with E-state index in [1.165, 1.54) is 4.88 Å². The molecule has 6 heteroatoms. The van der Waals surface area contributed by atoms with E-state index in [0.29, 0.717) is 23.6 Å². The Hall–Kier alpha value is -1.58. The van der Waals surface area contributed by atoms with Crippen LogP contribution in [-0.2, 0) is 6.54 Å². The van der Waals surface area contributed by atoms with Gasteiger partial charge in [-0.3, -0.25) is 0 Å². The van der Waals surface area contributed by atoms with Gasteiger partial charge >= 0.3 is 0 Å². The van der Waals surface area contributed by atoms with E-state index in [1.807, 2.05) is 17.5 Å². The van der Waals surface area contributed by atoms with Crippen LogP contribution in [-0.4, -0.2) is 4.98 Å². The lowest BCUT2D eigenvalue weighted by Gasteiger charge is -2.07. The zero-order valence-corrected chi connectivity index (χ0v) is 11.2. The molecule has 2 heterocycles. The summed E-state index contributed by atoms with van der Waals surface area (Å²) in [4.78, 5) is 5.28. The molecule has 0 saturated heterocycles. The number of anilines is 2. The Morgan fingerprint density at radius 2 is 2.41 bits per heavy atom. The molecule has 0 aliphatic heterocycles. The molecule has 2 aromatic rings. The molecule has 2 aromatic heterocycles. The van der Waals surface area contributed by atoms with E-state index >= 15 is 0 Å². The highest BCUT2D eigenvalue weighted by Crippen LogP contribution is 2.23. The molecule has 0 aliphatic carbocycles. The third-order valence-electron chi connectivity index (χ3n) is 2.16. The summed E-state index contributed by atoms with van der Waals surface area (Å²) >= 11 is 5.04. The molecule has 0 amide bonds. The monoisotopic (exact) mass is 308 g/mol. The molecule has 0 saturated carbocycles. The van der Waals surface area contributed by atoms with Gasteiger partial charge in [-0.15, -0.1) is 11.3 Å². The molecule has 0 bridgehead atoms. The molecule has 0 fully saturated rings. The summed E-state index contributed by atoms with van der Waals surface area (Å²) in [5.74, 6) is 0.550. The van der Waals surface area contributed by atoms with Crippen molar-refractivity contribution in [2.45, 2.75) is 6.54 Å². The molecule has 0 atom stereocenters. The van der Waals surface area contributed by atoms with Crippen LogP contribution in [0.1, 0.15) is 10.4 Å². The van der Waals surface area contributed by atoms with Crippen molar-refractivity contribution in [3.05, 3.63) is 38.6 Å². The summed E-state index contributed by atoms with van der Waals surface area (Å²) in [5.41, 5.74) is 6.64. The number of nitrogens with zero attached hydrogens (tertiary/aromatic N) is 2. The van der Waals surface area contributed by atoms with E-state index in [4.69, 9.17) is 11.0 Å². The first-order valence-corrected chi connectivity index (χ1v) is 6.49. The van der Waals surface area contributed by atoms with Gasteiger partial charge in [0.2, 0.25) is 0 Å². The van der Waals surface area contributed by atoms with Gasteiger partial charge in [0.25, 0.3) is 0 Å². The predicted molar refractivity (Wildman–Crippen MR) is 72.7 cm³/mol. The fourth-order valence-electron chi connectivity index (χ4n) is 1.33. The van der Waals surface area contributed by atoms with E-state index < -0.39 is 0 Å². The van der Waals surface area contributed by atoms with E-state index in [2.05, 4.69) is 26.2 Å². The standard InChI is InChI=1S/C11H9BrN4S/c12-8-3-9(17-6-8)5-16-11-10(14)7(4-13)1-2-15-11/h1-3,6H,5,14H2,(H,15,16). The summed E-state index contributed by atoms with van der Waals surface area (Å²) in [7, 11) is 0. The summed E-state index contributed by atoms with van der Waals surface area (Å²) in [5, 5.41) is 14.0. The number of halogens is 1. The first-order chi connectivity index (χ1) is 8.20. The van der Waals surface area contributed by atoms with Crippen molar-refractivity contribution in [3.8, 4) is 6.07 Å². The van der Waals surface area contributed by atoms with E-state index in [-0.39, 0.29) is 0 Å². The van der Waals surface area contributed by atoms with Crippen LogP contribution < -0.4 is 11.1 Å². The highest BCUT2D eigenvalue weighted by Gasteiger charge is 2.06. The molecule has 2 rings (SSSR count). The number of nitriles is 1. The minimum absolute atomic E-state index is 0.394. The minimum Gasteiger partial charge on any atom is -0.395 e. The quantitative estimate of drug-likeness (QED) is 0.914. The second-order valence-electron chi connectivity index (χ2n) is 3.32. The number of rotatable bonds is 3. The highest BCUT2D eigenvalue weighted by molar-refractivity contribution is 9.10. The zero-order chi connectivity index (χ0) is 12.3. The molecule has 17 heavy (non-hydrogen) atoms. The molecule has 3 N–H and O–H groups in total. The molecule has 4 nitrogen and oxygen atoms in total. The van der Waals surface area contributed by atoms with Gasteiger partial charge in [-0.05, 0) is 28.1 Å². The lowest BCUT2D eigenvalue weighted by molar-refractivity contribution is 1.14. The molecule has 0 spiro atoms. The third-order valence-corrected chi connectivity index (χ3v) is 3.86. The molecular formula is C11H9BrN4S.